The van der Waals surface area contributed by atoms with Crippen LogP contribution in [0.4, 0.5) is 10.5 Å². The SMILES string of the molecule is CCOc1ccc(N2C(=O)S/C(=C(/C)c3ccc(O)cc3)C2=O)cc1. The molecular formula is C19H17NO4S. The van der Waals surface area contributed by atoms with Crippen molar-refractivity contribution >= 4 is 34.2 Å². The highest BCUT2D eigenvalue weighted by atomic mass is 32.2. The Labute approximate surface area is 149 Å². The zero-order valence-electron chi connectivity index (χ0n) is 13.9. The van der Waals surface area contributed by atoms with E-state index >= 15 is 0 Å². The number of phenolic OH excluding ortho intramolecular Hbond substituents is 1. The molecular weight excluding hydrogens is 338 g/mol. The first-order valence-electron chi connectivity index (χ1n) is 7.80. The first-order chi connectivity index (χ1) is 12.0. The average molecular weight is 355 g/mol. The van der Waals surface area contributed by atoms with Crippen molar-refractivity contribution < 1.29 is 19.4 Å². The van der Waals surface area contributed by atoms with Gasteiger partial charge < -0.3 is 9.84 Å². The van der Waals surface area contributed by atoms with E-state index in [-0.39, 0.29) is 16.9 Å². The number of hydrogen-bond acceptors (Lipinski definition) is 5. The van der Waals surface area contributed by atoms with Crippen LogP contribution in [0.1, 0.15) is 19.4 Å². The second kappa shape index (κ2) is 7.03. The first kappa shape index (κ1) is 17.1. The van der Waals surface area contributed by atoms with Gasteiger partial charge in [0.15, 0.2) is 0 Å². The lowest BCUT2D eigenvalue weighted by Crippen LogP contribution is -2.27. The summed E-state index contributed by atoms with van der Waals surface area (Å²) in [7, 11) is 0. The number of aromatic hydroxyl groups is 1. The van der Waals surface area contributed by atoms with Gasteiger partial charge in [0.05, 0.1) is 17.2 Å². The number of phenols is 1. The van der Waals surface area contributed by atoms with Crippen molar-refractivity contribution in [3.63, 3.8) is 0 Å². The van der Waals surface area contributed by atoms with Gasteiger partial charge in [-0.05, 0) is 73.1 Å². The van der Waals surface area contributed by atoms with Gasteiger partial charge in [-0.3, -0.25) is 9.59 Å². The monoisotopic (exact) mass is 355 g/mol. The molecule has 2 amide bonds. The molecule has 0 aliphatic carbocycles. The van der Waals surface area contributed by atoms with Crippen molar-refractivity contribution in [1.82, 2.24) is 0 Å². The van der Waals surface area contributed by atoms with E-state index in [0.717, 1.165) is 17.3 Å². The van der Waals surface area contributed by atoms with Crippen molar-refractivity contribution in [2.45, 2.75) is 13.8 Å². The summed E-state index contributed by atoms with van der Waals surface area (Å²) in [6.07, 6.45) is 0. The summed E-state index contributed by atoms with van der Waals surface area (Å²) in [5.41, 5.74) is 2.01. The van der Waals surface area contributed by atoms with Crippen LogP contribution in [0.15, 0.2) is 53.4 Å². The minimum atomic E-state index is -0.343. The van der Waals surface area contributed by atoms with E-state index in [1.807, 2.05) is 6.92 Å². The molecule has 1 heterocycles. The van der Waals surface area contributed by atoms with Crippen LogP contribution in [0.5, 0.6) is 11.5 Å². The van der Waals surface area contributed by atoms with Crippen LogP contribution >= 0.6 is 11.8 Å². The number of thioether (sulfide) groups is 1. The lowest BCUT2D eigenvalue weighted by atomic mass is 10.1. The van der Waals surface area contributed by atoms with Crippen LogP contribution in [0.3, 0.4) is 0 Å². The molecule has 6 heteroatoms. The van der Waals surface area contributed by atoms with Crippen LogP contribution in [0.2, 0.25) is 0 Å². The summed E-state index contributed by atoms with van der Waals surface area (Å²) < 4.78 is 5.38. The van der Waals surface area contributed by atoms with E-state index in [9.17, 15) is 14.7 Å². The highest BCUT2D eigenvalue weighted by molar-refractivity contribution is 8.19. The maximum atomic E-state index is 12.8. The van der Waals surface area contributed by atoms with Gasteiger partial charge in [-0.1, -0.05) is 12.1 Å². The predicted molar refractivity (Wildman–Crippen MR) is 98.8 cm³/mol. The third-order valence-corrected chi connectivity index (χ3v) is 4.86. The van der Waals surface area contributed by atoms with E-state index in [0.29, 0.717) is 28.5 Å². The molecule has 0 radical (unpaired) electrons. The van der Waals surface area contributed by atoms with E-state index in [1.165, 1.54) is 4.90 Å². The molecule has 5 nitrogen and oxygen atoms in total. The van der Waals surface area contributed by atoms with Crippen LogP contribution in [-0.2, 0) is 4.79 Å². The Morgan fingerprint density at radius 2 is 1.72 bits per heavy atom. The zero-order valence-corrected chi connectivity index (χ0v) is 14.7. The normalized spacial score (nSPS) is 16.3. The van der Waals surface area contributed by atoms with Gasteiger partial charge in [-0.2, -0.15) is 0 Å². The maximum Gasteiger partial charge on any atom is 0.298 e. The molecule has 0 bridgehead atoms. The predicted octanol–water partition coefficient (Wildman–Crippen LogP) is 4.42. The number of allylic oxidation sites excluding steroid dienone is 1. The van der Waals surface area contributed by atoms with Gasteiger partial charge in [-0.25, -0.2) is 4.90 Å². The molecule has 2 aromatic rings. The number of imide groups is 1. The van der Waals surface area contributed by atoms with Crippen LogP contribution < -0.4 is 9.64 Å². The van der Waals surface area contributed by atoms with Crippen molar-refractivity contribution in [1.29, 1.82) is 0 Å². The molecule has 0 unspecified atom stereocenters. The Kier molecular flexibility index (Phi) is 4.81. The second-order valence-corrected chi connectivity index (χ2v) is 6.40. The van der Waals surface area contributed by atoms with Crippen LogP contribution in [0, 0.1) is 0 Å². The molecule has 128 valence electrons. The number of amides is 2. The second-order valence-electron chi connectivity index (χ2n) is 5.44. The molecule has 1 N–H and O–H groups in total. The number of ether oxygens (including phenoxy) is 1. The fourth-order valence-electron chi connectivity index (χ4n) is 2.52. The van der Waals surface area contributed by atoms with E-state index in [1.54, 1.807) is 55.5 Å². The summed E-state index contributed by atoms with van der Waals surface area (Å²) in [5.74, 6) is 0.498. The van der Waals surface area contributed by atoms with E-state index in [4.69, 9.17) is 4.74 Å². The molecule has 0 atom stereocenters. The lowest BCUT2D eigenvalue weighted by molar-refractivity contribution is -0.113. The minimum Gasteiger partial charge on any atom is -0.508 e. The average Bonchev–Trinajstić information content (AvgIpc) is 2.91. The zero-order chi connectivity index (χ0) is 18.0. The molecule has 3 rings (SSSR count). The molecule has 0 spiro atoms. The van der Waals surface area contributed by atoms with E-state index in [2.05, 4.69) is 0 Å². The van der Waals surface area contributed by atoms with Crippen molar-refractivity contribution in [2.24, 2.45) is 0 Å². The summed E-state index contributed by atoms with van der Waals surface area (Å²) in [6.45, 7) is 4.23. The lowest BCUT2D eigenvalue weighted by Gasteiger charge is -2.13. The minimum absolute atomic E-state index is 0.152. The fraction of sp³-hybridized carbons (Fsp3) is 0.158. The van der Waals surface area contributed by atoms with E-state index < -0.39 is 0 Å². The topological polar surface area (TPSA) is 66.8 Å². The Hall–Kier alpha value is -2.73. The van der Waals surface area contributed by atoms with Gasteiger partial charge in [0.2, 0.25) is 0 Å². The Morgan fingerprint density at radius 1 is 1.08 bits per heavy atom. The van der Waals surface area contributed by atoms with Crippen molar-refractivity contribution in [3.05, 3.63) is 59.0 Å². The van der Waals surface area contributed by atoms with Gasteiger partial charge in [0.25, 0.3) is 11.1 Å². The molecule has 25 heavy (non-hydrogen) atoms. The summed E-state index contributed by atoms with van der Waals surface area (Å²) in [5, 5.41) is 9.06. The van der Waals surface area contributed by atoms with Gasteiger partial charge >= 0.3 is 0 Å². The number of anilines is 1. The van der Waals surface area contributed by atoms with Gasteiger partial charge in [-0.15, -0.1) is 0 Å². The number of carbonyl (C=O) groups excluding carboxylic acids is 2. The molecule has 0 aromatic heterocycles. The third-order valence-electron chi connectivity index (χ3n) is 3.82. The molecule has 0 saturated carbocycles. The third kappa shape index (κ3) is 3.39. The highest BCUT2D eigenvalue weighted by Crippen LogP contribution is 2.39. The summed E-state index contributed by atoms with van der Waals surface area (Å²) >= 11 is 0.922. The summed E-state index contributed by atoms with van der Waals surface area (Å²) in [6, 6.07) is 13.4. The molecule has 1 aliphatic heterocycles. The number of hydrogen-bond donors (Lipinski definition) is 1. The largest absolute Gasteiger partial charge is 0.508 e. The Balaban J connectivity index is 1.91. The van der Waals surface area contributed by atoms with Gasteiger partial charge in [0.1, 0.15) is 11.5 Å². The maximum absolute atomic E-state index is 12.8. The highest BCUT2D eigenvalue weighted by Gasteiger charge is 2.37. The summed E-state index contributed by atoms with van der Waals surface area (Å²) in [4.78, 5) is 26.7. The number of rotatable bonds is 4. The smallest absolute Gasteiger partial charge is 0.298 e. The van der Waals surface area contributed by atoms with Crippen LogP contribution in [0.25, 0.3) is 5.57 Å². The van der Waals surface area contributed by atoms with Crippen molar-refractivity contribution in [3.8, 4) is 11.5 Å². The molecule has 2 aromatic carbocycles. The molecule has 1 saturated heterocycles. The Bertz CT molecular complexity index is 841. The first-order valence-corrected chi connectivity index (χ1v) is 8.62. The number of carbonyl (C=O) groups is 2. The van der Waals surface area contributed by atoms with Gasteiger partial charge in [0, 0.05) is 0 Å². The quantitative estimate of drug-likeness (QED) is 0.822. The Morgan fingerprint density at radius 3 is 2.32 bits per heavy atom. The van der Waals surface area contributed by atoms with Crippen LogP contribution in [-0.4, -0.2) is 22.9 Å². The van der Waals surface area contributed by atoms with Crippen molar-refractivity contribution in [2.75, 3.05) is 11.5 Å². The molecule has 1 aliphatic rings. The fourth-order valence-corrected chi connectivity index (χ4v) is 3.43. The number of benzene rings is 2. The number of nitrogens with zero attached hydrogens (tertiary/aromatic N) is 1. The molecule has 1 fully saturated rings. The standard InChI is InChI=1S/C19H17NO4S/c1-3-24-16-10-6-14(7-11-16)20-18(22)17(25-19(20)23)12(2)13-4-8-15(21)9-5-13/h4-11,21H,3H2,1-2H3/b17-12-.